The quantitative estimate of drug-likeness (QED) is 0.0929. The van der Waals surface area contributed by atoms with Crippen LogP contribution in [0.5, 0.6) is 0 Å². The van der Waals surface area contributed by atoms with Crippen LogP contribution in [0.2, 0.25) is 0 Å². The van der Waals surface area contributed by atoms with Crippen LogP contribution >= 0.6 is 0 Å². The highest BCUT2D eigenvalue weighted by molar-refractivity contribution is 6.15. The van der Waals surface area contributed by atoms with Crippen molar-refractivity contribution in [2.45, 2.75) is 10.8 Å². The molecule has 0 N–H and O–H groups in total. The first kappa shape index (κ1) is 68.9. The molecular weight excluding hydrogens is 1390 g/mol. The lowest BCUT2D eigenvalue weighted by Gasteiger charge is -2.51. The van der Waals surface area contributed by atoms with Crippen LogP contribution in [0, 0.1) is 71.6 Å². The molecule has 0 saturated carbocycles. The van der Waals surface area contributed by atoms with Crippen molar-refractivity contribution < 1.29 is 0 Å². The molecule has 0 heterocycles. The molecule has 0 saturated heterocycles. The summed E-state index contributed by atoms with van der Waals surface area (Å²) >= 11 is 0. The Bertz CT molecular complexity index is 6260. The van der Waals surface area contributed by atoms with E-state index in [1.165, 1.54) is 0 Å². The van der Waals surface area contributed by atoms with E-state index >= 15 is 0 Å². The van der Waals surface area contributed by atoms with Gasteiger partial charge in [-0.05, 0) is 248 Å². The predicted molar refractivity (Wildman–Crippen MR) is 454 cm³/mol. The molecule has 18 rings (SSSR count). The highest BCUT2D eigenvalue weighted by atomic mass is 15.2. The lowest BCUT2D eigenvalue weighted by molar-refractivity contribution is 0.438. The van der Waals surface area contributed by atoms with Crippen molar-refractivity contribution in [3.05, 3.63) is 453 Å². The van der Waals surface area contributed by atoms with Gasteiger partial charge in [0.1, 0.15) is 0 Å². The topological polar surface area (TPSA) is 126 Å². The lowest BCUT2D eigenvalue weighted by Crippen LogP contribution is -2.50. The van der Waals surface area contributed by atoms with Gasteiger partial charge in [-0.3, -0.25) is 0 Å². The van der Waals surface area contributed by atoms with Crippen LogP contribution in [0.3, 0.4) is 0 Å². The van der Waals surface area contributed by atoms with E-state index in [1.807, 2.05) is 194 Å². The molecule has 2 aliphatic carbocycles. The van der Waals surface area contributed by atoms with Gasteiger partial charge in [0, 0.05) is 67.6 Å². The molecule has 114 heavy (non-hydrogen) atoms. The van der Waals surface area contributed by atoms with E-state index in [9.17, 15) is 21.0 Å². The highest BCUT2D eigenvalue weighted by Crippen LogP contribution is 2.73. The Morgan fingerprint density at radius 1 is 0.228 bits per heavy atom. The van der Waals surface area contributed by atoms with Crippen molar-refractivity contribution in [2.24, 2.45) is 0 Å². The van der Waals surface area contributed by atoms with Crippen LogP contribution in [0.25, 0.3) is 63.2 Å². The SMILES string of the molecule is [C-]#[N+]c1ccc(N(c2ccc(C#N)cc2)c2ccc3c(c2)C(c2ccccc2)(C2(c4ccccc4)c4cc(N(c5ccc(C#N)cc5)c5ccc([N+]#[C-])cc5)ccc4-c4c2cc(N(c2ccc(C#N)cc2)c2ccc([N+]#[C-])cc2)c2ccccc42)c2cc(N(c4ccc(C#N)cc4)c4ccc([N+]#[C-])cc4)c4ccccc4c2-3)cc1. The molecule has 0 aliphatic heterocycles. The summed E-state index contributed by atoms with van der Waals surface area (Å²) in [4.78, 5) is 24.3. The normalized spacial score (nSPS) is 13.8. The van der Waals surface area contributed by atoms with E-state index in [0.717, 1.165) is 145 Å². The monoisotopic (exact) mass is 1450 g/mol. The third kappa shape index (κ3) is 11.1. The number of nitrogens with zero attached hydrogens (tertiary/aromatic N) is 12. The van der Waals surface area contributed by atoms with Crippen molar-refractivity contribution in [3.63, 3.8) is 0 Å². The van der Waals surface area contributed by atoms with Gasteiger partial charge < -0.3 is 19.6 Å². The maximum absolute atomic E-state index is 10.4. The zero-order valence-corrected chi connectivity index (χ0v) is 60.9. The Kier molecular flexibility index (Phi) is 17.2. The maximum Gasteiger partial charge on any atom is 0.187 e. The Morgan fingerprint density at radius 2 is 0.465 bits per heavy atom. The molecule has 12 heteroatoms. The van der Waals surface area contributed by atoms with Gasteiger partial charge in [-0.1, -0.05) is 170 Å². The van der Waals surface area contributed by atoms with Crippen molar-refractivity contribution in [1.29, 1.82) is 21.0 Å². The number of benzene rings is 16. The molecule has 0 fully saturated rings. The molecule has 16 aromatic rings. The predicted octanol–water partition coefficient (Wildman–Crippen LogP) is 26.9. The Hall–Kier alpha value is -16.8. The summed E-state index contributed by atoms with van der Waals surface area (Å²) in [6.07, 6.45) is 0. The highest BCUT2D eigenvalue weighted by Gasteiger charge is 2.65. The molecule has 0 amide bonds. The molecule has 0 bridgehead atoms. The molecule has 526 valence electrons. The number of fused-ring (bicyclic) bond motifs is 10. The number of anilines is 12. The van der Waals surface area contributed by atoms with E-state index in [2.05, 4.69) is 221 Å². The average Bonchev–Trinajstić information content (AvgIpc) is 1.47. The van der Waals surface area contributed by atoms with Crippen LogP contribution in [0.1, 0.15) is 55.6 Å². The van der Waals surface area contributed by atoms with Gasteiger partial charge >= 0.3 is 0 Å². The first-order valence-electron chi connectivity index (χ1n) is 36.8. The minimum absolute atomic E-state index is 0.468. The molecule has 2 aliphatic rings. The second-order valence-corrected chi connectivity index (χ2v) is 27.9. The van der Waals surface area contributed by atoms with E-state index < -0.39 is 10.8 Å². The van der Waals surface area contributed by atoms with Crippen molar-refractivity contribution in [2.75, 3.05) is 19.6 Å². The smallest absolute Gasteiger partial charge is 0.187 e. The van der Waals surface area contributed by atoms with Crippen molar-refractivity contribution >= 4 is 113 Å². The Balaban J connectivity index is 1.08. The summed E-state index contributed by atoms with van der Waals surface area (Å²) in [5, 5.41) is 45.3. The summed E-state index contributed by atoms with van der Waals surface area (Å²) in [5.41, 5.74) is 19.4. The minimum atomic E-state index is -1.48. The van der Waals surface area contributed by atoms with Crippen LogP contribution in [0.4, 0.5) is 91.0 Å². The zero-order chi connectivity index (χ0) is 77.6. The van der Waals surface area contributed by atoms with E-state index in [4.69, 9.17) is 26.3 Å². The van der Waals surface area contributed by atoms with Gasteiger partial charge in [0.2, 0.25) is 0 Å². The number of rotatable bonds is 15. The van der Waals surface area contributed by atoms with Crippen LogP contribution in [-0.2, 0) is 10.8 Å². The van der Waals surface area contributed by atoms with Gasteiger partial charge in [0.05, 0.1) is 95.0 Å². The largest absolute Gasteiger partial charge is 0.311 e. The van der Waals surface area contributed by atoms with Gasteiger partial charge in [-0.25, -0.2) is 19.4 Å². The van der Waals surface area contributed by atoms with E-state index in [-0.39, 0.29) is 0 Å². The first-order valence-corrected chi connectivity index (χ1v) is 36.8. The molecule has 2 atom stereocenters. The van der Waals surface area contributed by atoms with Crippen molar-refractivity contribution in [3.8, 4) is 46.5 Å². The summed E-state index contributed by atoms with van der Waals surface area (Å²) in [5.74, 6) is 0. The summed E-state index contributed by atoms with van der Waals surface area (Å²) < 4.78 is 0. The van der Waals surface area contributed by atoms with Gasteiger partial charge in [0.25, 0.3) is 0 Å². The number of nitriles is 4. The van der Waals surface area contributed by atoms with Crippen LogP contribution in [-0.4, -0.2) is 0 Å². The fourth-order valence-corrected chi connectivity index (χ4v) is 17.4. The molecule has 16 aromatic carbocycles. The third-order valence-electron chi connectivity index (χ3n) is 22.1. The molecule has 0 aromatic heterocycles. The molecule has 12 nitrogen and oxygen atoms in total. The van der Waals surface area contributed by atoms with Gasteiger partial charge in [0.15, 0.2) is 22.7 Å². The molecule has 0 radical (unpaired) electrons. The van der Waals surface area contributed by atoms with E-state index in [1.54, 1.807) is 0 Å². The molecular formula is C102H58N12. The van der Waals surface area contributed by atoms with Gasteiger partial charge in [-0.2, -0.15) is 21.0 Å². The summed E-state index contributed by atoms with van der Waals surface area (Å²) in [7, 11) is 0. The standard InChI is InChI=1S/C102H58N12/c1-107-73-31-47-79(48-32-73)111(77-39-23-67(63-103)24-40-77)85-55-57-91-93(59-85)101(71-15-7-5-8-16-71,95-61-97(87-19-11-13-21-89(87)99(91)95)113(81-43-27-69(65-105)28-44-81)83-51-35-75(109-3)36-52-83)102(72-17-9-6-10-18-72)94-60-86(112(78-41-25-68(64-104)26-42-78)80-49-33-74(108-2)34-50-80)56-58-92(94)100-90-22-14-12-20-88(90)98(62-96(100)102)114(82-45-29-70(66-106)30-46-82)84-53-37-76(110-4)38-54-84/h5-62H. The van der Waals surface area contributed by atoms with E-state index in [0.29, 0.717) is 45.0 Å². The maximum atomic E-state index is 10.4. The zero-order valence-electron chi connectivity index (χ0n) is 60.9. The number of hydrogen-bond acceptors (Lipinski definition) is 8. The van der Waals surface area contributed by atoms with Crippen LogP contribution in [0.15, 0.2) is 352 Å². The second kappa shape index (κ2) is 28.4. The fraction of sp³-hybridized carbons (Fsp3) is 0.0196. The fourth-order valence-electron chi connectivity index (χ4n) is 17.4. The average molecular weight is 1450 g/mol. The van der Waals surface area contributed by atoms with Crippen LogP contribution < -0.4 is 19.6 Å². The van der Waals surface area contributed by atoms with Crippen molar-refractivity contribution in [1.82, 2.24) is 0 Å². The first-order chi connectivity index (χ1) is 56.1. The third-order valence-corrected chi connectivity index (χ3v) is 22.1. The Labute approximate surface area is 659 Å². The minimum Gasteiger partial charge on any atom is -0.311 e. The van der Waals surface area contributed by atoms with Gasteiger partial charge in [-0.15, -0.1) is 0 Å². The Morgan fingerprint density at radius 3 is 0.728 bits per heavy atom. The summed E-state index contributed by atoms with van der Waals surface area (Å²) in [6, 6.07) is 127. The molecule has 2 unspecified atom stereocenters. The molecule has 0 spiro atoms. The lowest BCUT2D eigenvalue weighted by atomic mass is 9.49. The second-order valence-electron chi connectivity index (χ2n) is 27.9. The number of hydrogen-bond donors (Lipinski definition) is 0. The summed E-state index contributed by atoms with van der Waals surface area (Å²) in [6.45, 7) is 32.6.